The van der Waals surface area contributed by atoms with Crippen LogP contribution >= 0.6 is 0 Å². The molecular formula is C13H10N4O3. The number of hydrogen-bond donors (Lipinski definition) is 1. The standard InChI is InChI=1S/C13H10N4O3/c18-11-6-10(20-8-12(11)19)7-17-15-13(14-16-17)9-4-2-1-3-5-9/h1-6,8,19H,7H2. The summed E-state index contributed by atoms with van der Waals surface area (Å²) in [4.78, 5) is 12.6. The topological polar surface area (TPSA) is 94.0 Å². The maximum atomic E-state index is 11.3. The molecular weight excluding hydrogens is 260 g/mol. The van der Waals surface area contributed by atoms with Gasteiger partial charge < -0.3 is 9.52 Å². The third-order valence-electron chi connectivity index (χ3n) is 2.65. The highest BCUT2D eigenvalue weighted by molar-refractivity contribution is 5.52. The SMILES string of the molecule is O=c1cc(Cn2nnc(-c3ccccc3)n2)occ1O. The van der Waals surface area contributed by atoms with Gasteiger partial charge in [0.15, 0.2) is 5.75 Å². The van der Waals surface area contributed by atoms with Crippen molar-refractivity contribution in [3.8, 4) is 17.1 Å². The van der Waals surface area contributed by atoms with E-state index < -0.39 is 11.2 Å². The highest BCUT2D eigenvalue weighted by Crippen LogP contribution is 2.12. The van der Waals surface area contributed by atoms with E-state index in [1.165, 1.54) is 10.9 Å². The molecule has 0 saturated carbocycles. The van der Waals surface area contributed by atoms with E-state index in [2.05, 4.69) is 15.4 Å². The Balaban J connectivity index is 1.84. The zero-order chi connectivity index (χ0) is 13.9. The van der Waals surface area contributed by atoms with Crippen LogP contribution in [0.5, 0.6) is 5.75 Å². The van der Waals surface area contributed by atoms with Crippen LogP contribution < -0.4 is 5.43 Å². The van der Waals surface area contributed by atoms with Crippen LogP contribution in [0.1, 0.15) is 5.76 Å². The lowest BCUT2D eigenvalue weighted by Gasteiger charge is -1.98. The van der Waals surface area contributed by atoms with Gasteiger partial charge in [0, 0.05) is 11.6 Å². The molecule has 100 valence electrons. The predicted molar refractivity (Wildman–Crippen MR) is 69.0 cm³/mol. The molecule has 3 aromatic rings. The minimum absolute atomic E-state index is 0.162. The Kier molecular flexibility index (Phi) is 3.00. The van der Waals surface area contributed by atoms with Gasteiger partial charge in [0.25, 0.3) is 0 Å². The molecule has 0 aliphatic heterocycles. The second kappa shape index (κ2) is 4.96. The first-order valence-electron chi connectivity index (χ1n) is 5.86. The Morgan fingerprint density at radius 1 is 1.25 bits per heavy atom. The lowest BCUT2D eigenvalue weighted by atomic mass is 10.2. The van der Waals surface area contributed by atoms with Crippen molar-refractivity contribution in [2.24, 2.45) is 0 Å². The minimum Gasteiger partial charge on any atom is -0.502 e. The van der Waals surface area contributed by atoms with Crippen LogP contribution in [0.3, 0.4) is 0 Å². The van der Waals surface area contributed by atoms with Gasteiger partial charge in [-0.3, -0.25) is 4.79 Å². The molecule has 0 spiro atoms. The number of tetrazole rings is 1. The van der Waals surface area contributed by atoms with Gasteiger partial charge in [-0.15, -0.1) is 10.2 Å². The molecule has 0 bridgehead atoms. The van der Waals surface area contributed by atoms with E-state index in [0.29, 0.717) is 11.6 Å². The van der Waals surface area contributed by atoms with Crippen LogP contribution in [0.15, 0.2) is 51.9 Å². The monoisotopic (exact) mass is 270 g/mol. The van der Waals surface area contributed by atoms with E-state index >= 15 is 0 Å². The quantitative estimate of drug-likeness (QED) is 0.764. The molecule has 0 aliphatic rings. The molecule has 0 fully saturated rings. The third kappa shape index (κ3) is 2.41. The summed E-state index contributed by atoms with van der Waals surface area (Å²) in [6, 6.07) is 10.6. The number of aromatic nitrogens is 4. The molecule has 20 heavy (non-hydrogen) atoms. The molecule has 7 heteroatoms. The summed E-state index contributed by atoms with van der Waals surface area (Å²) in [7, 11) is 0. The van der Waals surface area contributed by atoms with Gasteiger partial charge in [0.1, 0.15) is 18.6 Å². The Bertz CT molecular complexity index is 780. The van der Waals surface area contributed by atoms with Crippen LogP contribution in [0.2, 0.25) is 0 Å². The largest absolute Gasteiger partial charge is 0.502 e. The summed E-state index contributed by atoms with van der Waals surface area (Å²) in [6.07, 6.45) is 0.993. The van der Waals surface area contributed by atoms with Crippen molar-refractivity contribution >= 4 is 0 Å². The van der Waals surface area contributed by atoms with E-state index in [9.17, 15) is 4.79 Å². The summed E-state index contributed by atoms with van der Waals surface area (Å²) in [6.45, 7) is 0.162. The van der Waals surface area contributed by atoms with E-state index in [1.54, 1.807) is 0 Å². The average Bonchev–Trinajstić information content (AvgIpc) is 2.92. The second-order valence-electron chi connectivity index (χ2n) is 4.11. The van der Waals surface area contributed by atoms with E-state index in [1.807, 2.05) is 30.3 Å². The smallest absolute Gasteiger partial charge is 0.226 e. The van der Waals surface area contributed by atoms with Crippen molar-refractivity contribution in [1.29, 1.82) is 0 Å². The van der Waals surface area contributed by atoms with Gasteiger partial charge in [0.05, 0.1) is 0 Å². The first-order valence-corrected chi connectivity index (χ1v) is 5.86. The highest BCUT2D eigenvalue weighted by Gasteiger charge is 2.08. The number of aromatic hydroxyl groups is 1. The van der Waals surface area contributed by atoms with Crippen molar-refractivity contribution in [2.75, 3.05) is 0 Å². The van der Waals surface area contributed by atoms with Crippen LogP contribution in [-0.4, -0.2) is 25.3 Å². The van der Waals surface area contributed by atoms with Crippen molar-refractivity contribution in [3.63, 3.8) is 0 Å². The van der Waals surface area contributed by atoms with Gasteiger partial charge in [-0.05, 0) is 5.21 Å². The lowest BCUT2D eigenvalue weighted by Crippen LogP contribution is -2.07. The maximum Gasteiger partial charge on any atom is 0.226 e. The van der Waals surface area contributed by atoms with E-state index in [0.717, 1.165) is 11.8 Å². The van der Waals surface area contributed by atoms with Crippen LogP contribution in [-0.2, 0) is 6.54 Å². The maximum absolute atomic E-state index is 11.3. The number of hydrogen-bond acceptors (Lipinski definition) is 6. The Hall–Kier alpha value is -2.96. The fourth-order valence-corrected chi connectivity index (χ4v) is 1.68. The van der Waals surface area contributed by atoms with Gasteiger partial charge in [-0.1, -0.05) is 30.3 Å². The Morgan fingerprint density at radius 3 is 2.80 bits per heavy atom. The Labute approximate surface area is 113 Å². The fraction of sp³-hybridized carbons (Fsp3) is 0.0769. The van der Waals surface area contributed by atoms with Crippen molar-refractivity contribution in [3.05, 3.63) is 58.6 Å². The Morgan fingerprint density at radius 2 is 2.05 bits per heavy atom. The molecule has 2 heterocycles. The second-order valence-corrected chi connectivity index (χ2v) is 4.11. The van der Waals surface area contributed by atoms with Crippen molar-refractivity contribution in [1.82, 2.24) is 20.2 Å². The third-order valence-corrected chi connectivity index (χ3v) is 2.65. The molecule has 2 aromatic heterocycles. The van der Waals surface area contributed by atoms with E-state index in [-0.39, 0.29) is 6.54 Å². The summed E-state index contributed by atoms with van der Waals surface area (Å²) < 4.78 is 5.08. The number of rotatable bonds is 3. The molecule has 0 radical (unpaired) electrons. The molecule has 0 atom stereocenters. The molecule has 0 aliphatic carbocycles. The molecule has 3 rings (SSSR count). The number of benzene rings is 1. The molecule has 0 unspecified atom stereocenters. The zero-order valence-corrected chi connectivity index (χ0v) is 10.3. The molecule has 0 saturated heterocycles. The summed E-state index contributed by atoms with van der Waals surface area (Å²) in [5.74, 6) is 0.404. The van der Waals surface area contributed by atoms with Gasteiger partial charge in [-0.25, -0.2) is 0 Å². The lowest BCUT2D eigenvalue weighted by molar-refractivity contribution is 0.396. The van der Waals surface area contributed by atoms with Crippen LogP contribution in [0, 0.1) is 0 Å². The van der Waals surface area contributed by atoms with Crippen molar-refractivity contribution in [2.45, 2.75) is 6.54 Å². The summed E-state index contributed by atoms with van der Waals surface area (Å²) in [5, 5.41) is 21.1. The highest BCUT2D eigenvalue weighted by atomic mass is 16.4. The van der Waals surface area contributed by atoms with Crippen molar-refractivity contribution < 1.29 is 9.52 Å². The first-order chi connectivity index (χ1) is 9.72. The van der Waals surface area contributed by atoms with Gasteiger partial charge in [-0.2, -0.15) is 4.80 Å². The van der Waals surface area contributed by atoms with E-state index in [4.69, 9.17) is 9.52 Å². The first kappa shape index (κ1) is 12.1. The molecule has 0 amide bonds. The van der Waals surface area contributed by atoms with Crippen LogP contribution in [0.25, 0.3) is 11.4 Å². The van der Waals surface area contributed by atoms with Gasteiger partial charge in [0.2, 0.25) is 11.3 Å². The normalized spacial score (nSPS) is 10.6. The van der Waals surface area contributed by atoms with Crippen LogP contribution in [0.4, 0.5) is 0 Å². The molecule has 7 nitrogen and oxygen atoms in total. The molecule has 1 aromatic carbocycles. The summed E-state index contributed by atoms with van der Waals surface area (Å²) in [5.41, 5.74) is 0.348. The van der Waals surface area contributed by atoms with Gasteiger partial charge >= 0.3 is 0 Å². The fourth-order valence-electron chi connectivity index (χ4n) is 1.68. The number of nitrogens with zero attached hydrogens (tertiary/aromatic N) is 4. The minimum atomic E-state index is -0.505. The average molecular weight is 270 g/mol. The summed E-state index contributed by atoms with van der Waals surface area (Å²) >= 11 is 0. The zero-order valence-electron chi connectivity index (χ0n) is 10.3. The predicted octanol–water partition coefficient (Wildman–Crippen LogP) is 1.05. The molecule has 1 N–H and O–H groups in total.